The molecule has 0 saturated carbocycles. The summed E-state index contributed by atoms with van der Waals surface area (Å²) >= 11 is 0. The number of aliphatic hydroxyl groups excluding tert-OH is 1. The molecular formula is C21H25FN4O3. The molecule has 0 aliphatic heterocycles. The van der Waals surface area contributed by atoms with Crippen LogP contribution in [0.25, 0.3) is 0 Å². The summed E-state index contributed by atoms with van der Waals surface area (Å²) in [6.07, 6.45) is 0.802. The Morgan fingerprint density at radius 2 is 1.79 bits per heavy atom. The molecule has 0 aliphatic rings. The number of Topliss-reactive ketones (excluding diaryl/α,β-unsaturated/α-hetero) is 1. The Labute approximate surface area is 169 Å². The lowest BCUT2D eigenvalue weighted by Gasteiger charge is -2.15. The van der Waals surface area contributed by atoms with E-state index in [9.17, 15) is 9.18 Å². The average Bonchev–Trinajstić information content (AvgIpc) is 2.73. The highest BCUT2D eigenvalue weighted by Crippen LogP contribution is 2.20. The number of ether oxygens (including phenoxy) is 1. The summed E-state index contributed by atoms with van der Waals surface area (Å²) in [5.74, 6) is 5.69. The van der Waals surface area contributed by atoms with Gasteiger partial charge < -0.3 is 15.7 Å². The Hall–Kier alpha value is -3.13. The van der Waals surface area contributed by atoms with Crippen LogP contribution >= 0.6 is 0 Å². The zero-order valence-electron chi connectivity index (χ0n) is 16.3. The molecule has 29 heavy (non-hydrogen) atoms. The molecule has 0 fully saturated rings. The van der Waals surface area contributed by atoms with Crippen molar-refractivity contribution in [3.63, 3.8) is 0 Å². The zero-order valence-corrected chi connectivity index (χ0v) is 16.3. The minimum absolute atomic E-state index is 0.0476. The Kier molecular flexibility index (Phi) is 8.91. The molecule has 0 saturated heterocycles. The lowest BCUT2D eigenvalue weighted by atomic mass is 9.91. The van der Waals surface area contributed by atoms with Gasteiger partial charge in [-0.1, -0.05) is 24.3 Å². The number of hydrogen-bond acceptors (Lipinski definition) is 6. The number of amidine groups is 1. The maximum Gasteiger partial charge on any atom is 0.173 e. The van der Waals surface area contributed by atoms with Crippen LogP contribution in [0.1, 0.15) is 17.5 Å². The third-order valence-corrected chi connectivity index (χ3v) is 4.30. The Morgan fingerprint density at radius 1 is 1.14 bits per heavy atom. The molecule has 3 N–H and O–H groups in total. The summed E-state index contributed by atoms with van der Waals surface area (Å²) in [5, 5.41) is 20.4. The first-order chi connectivity index (χ1) is 14.0. The molecule has 0 bridgehead atoms. The van der Waals surface area contributed by atoms with Gasteiger partial charge in [0.1, 0.15) is 17.3 Å². The fourth-order valence-electron chi connectivity index (χ4n) is 2.86. The van der Waals surface area contributed by atoms with Crippen molar-refractivity contribution in [3.8, 4) is 5.75 Å². The van der Waals surface area contributed by atoms with Gasteiger partial charge in [-0.3, -0.25) is 4.79 Å². The predicted octanol–water partition coefficient (Wildman–Crippen LogP) is 2.91. The summed E-state index contributed by atoms with van der Waals surface area (Å²) in [6.45, 7) is -0.0220. The molecule has 2 aromatic carbocycles. The molecule has 154 valence electrons. The molecule has 7 nitrogen and oxygen atoms in total. The largest absolute Gasteiger partial charge is 0.497 e. The van der Waals surface area contributed by atoms with E-state index in [-0.39, 0.29) is 49.3 Å². The summed E-state index contributed by atoms with van der Waals surface area (Å²) in [6, 6.07) is 13.3. The van der Waals surface area contributed by atoms with Gasteiger partial charge in [-0.2, -0.15) is 10.2 Å². The van der Waals surface area contributed by atoms with E-state index in [1.165, 1.54) is 12.1 Å². The van der Waals surface area contributed by atoms with E-state index in [0.29, 0.717) is 6.42 Å². The van der Waals surface area contributed by atoms with Crippen LogP contribution in [0.3, 0.4) is 0 Å². The molecule has 0 aliphatic carbocycles. The van der Waals surface area contributed by atoms with E-state index in [2.05, 4.69) is 15.3 Å². The number of aliphatic hydroxyl groups is 1. The minimum Gasteiger partial charge on any atom is -0.497 e. The molecule has 0 heterocycles. The van der Waals surface area contributed by atoms with Gasteiger partial charge in [-0.25, -0.2) is 4.39 Å². The Morgan fingerprint density at radius 3 is 2.38 bits per heavy atom. The average molecular weight is 400 g/mol. The van der Waals surface area contributed by atoms with Crippen molar-refractivity contribution in [2.45, 2.75) is 19.3 Å². The van der Waals surface area contributed by atoms with Crippen LogP contribution in [0.15, 0.2) is 63.9 Å². The molecule has 8 heteroatoms. The SMILES string of the molecule is COc1ccc(C[C@H](CC(=O)Cc2ccc(F)cc2)C(N=NCCO)=NN)cc1. The van der Waals surface area contributed by atoms with Gasteiger partial charge in [0.25, 0.3) is 0 Å². The Balaban J connectivity index is 2.15. The number of hydrogen-bond donors (Lipinski definition) is 2. The second-order valence-electron chi connectivity index (χ2n) is 6.47. The van der Waals surface area contributed by atoms with Crippen LogP contribution in [0, 0.1) is 11.7 Å². The van der Waals surface area contributed by atoms with Crippen molar-refractivity contribution >= 4 is 11.6 Å². The molecule has 0 radical (unpaired) electrons. The molecule has 0 unspecified atom stereocenters. The highest BCUT2D eigenvalue weighted by Gasteiger charge is 2.21. The van der Waals surface area contributed by atoms with Gasteiger partial charge in [-0.15, -0.1) is 5.11 Å². The van der Waals surface area contributed by atoms with Crippen LogP contribution in [-0.2, 0) is 17.6 Å². The standard InChI is InChI=1S/C21H25FN4O3/c1-29-20-8-4-15(5-9-20)12-17(21(25-23)26-24-10-11-27)14-19(28)13-16-2-6-18(22)7-3-16/h2-9,17,27H,10-14,23H2,1H3/t17-/m1/s1. The number of azo groups is 1. The molecular weight excluding hydrogens is 375 g/mol. The van der Waals surface area contributed by atoms with Crippen molar-refractivity contribution in [1.82, 2.24) is 0 Å². The highest BCUT2D eigenvalue weighted by molar-refractivity contribution is 5.91. The van der Waals surface area contributed by atoms with Crippen molar-refractivity contribution in [2.24, 2.45) is 27.1 Å². The topological polar surface area (TPSA) is 110 Å². The molecule has 0 aromatic heterocycles. The smallest absolute Gasteiger partial charge is 0.173 e. The normalized spacial score (nSPS) is 12.9. The summed E-state index contributed by atoms with van der Waals surface area (Å²) < 4.78 is 18.2. The van der Waals surface area contributed by atoms with Crippen molar-refractivity contribution in [2.75, 3.05) is 20.3 Å². The third-order valence-electron chi connectivity index (χ3n) is 4.30. The lowest BCUT2D eigenvalue weighted by molar-refractivity contribution is -0.118. The van der Waals surface area contributed by atoms with Gasteiger partial charge >= 0.3 is 0 Å². The number of carbonyl (C=O) groups is 1. The van der Waals surface area contributed by atoms with E-state index in [0.717, 1.165) is 16.9 Å². The number of nitrogens with two attached hydrogens (primary N) is 1. The number of carbonyl (C=O) groups excluding carboxylic acids is 1. The van der Waals surface area contributed by atoms with E-state index in [1.807, 2.05) is 24.3 Å². The first-order valence-corrected chi connectivity index (χ1v) is 9.21. The summed E-state index contributed by atoms with van der Waals surface area (Å²) in [5.41, 5.74) is 1.69. The van der Waals surface area contributed by atoms with Crippen molar-refractivity contribution in [1.29, 1.82) is 0 Å². The van der Waals surface area contributed by atoms with Crippen molar-refractivity contribution in [3.05, 3.63) is 65.5 Å². The number of ketones is 1. The van der Waals surface area contributed by atoms with Gasteiger partial charge in [0, 0.05) is 18.8 Å². The Bertz CT molecular complexity index is 836. The lowest BCUT2D eigenvalue weighted by Crippen LogP contribution is -2.22. The monoisotopic (exact) mass is 400 g/mol. The van der Waals surface area contributed by atoms with E-state index < -0.39 is 0 Å². The number of benzene rings is 2. The minimum atomic E-state index is -0.385. The molecule has 2 rings (SSSR count). The number of hydrazone groups is 1. The fraction of sp³-hybridized carbons (Fsp3) is 0.333. The van der Waals surface area contributed by atoms with E-state index >= 15 is 0 Å². The predicted molar refractivity (Wildman–Crippen MR) is 108 cm³/mol. The maximum atomic E-state index is 13.1. The van der Waals surface area contributed by atoms with Crippen LogP contribution in [0.4, 0.5) is 4.39 Å². The number of rotatable bonds is 10. The molecule has 2 aromatic rings. The molecule has 1 atom stereocenters. The summed E-state index contributed by atoms with van der Waals surface area (Å²) in [4.78, 5) is 12.6. The second kappa shape index (κ2) is 11.7. The van der Waals surface area contributed by atoms with Crippen LogP contribution in [-0.4, -0.2) is 37.0 Å². The maximum absolute atomic E-state index is 13.1. The molecule has 0 amide bonds. The first kappa shape index (κ1) is 22.2. The zero-order chi connectivity index (χ0) is 21.1. The quantitative estimate of drug-likeness (QED) is 0.210. The number of nitrogens with zero attached hydrogens (tertiary/aromatic N) is 3. The van der Waals surface area contributed by atoms with E-state index in [1.54, 1.807) is 19.2 Å². The summed E-state index contributed by atoms with van der Waals surface area (Å²) in [7, 11) is 1.59. The second-order valence-corrected chi connectivity index (χ2v) is 6.47. The van der Waals surface area contributed by atoms with Crippen molar-refractivity contribution < 1.29 is 19.0 Å². The van der Waals surface area contributed by atoms with Crippen LogP contribution in [0.2, 0.25) is 0 Å². The number of halogens is 1. The number of methoxy groups -OCH3 is 1. The van der Waals surface area contributed by atoms with Crippen LogP contribution < -0.4 is 10.6 Å². The van der Waals surface area contributed by atoms with Gasteiger partial charge in [-0.05, 0) is 41.8 Å². The van der Waals surface area contributed by atoms with Gasteiger partial charge in [0.15, 0.2) is 5.84 Å². The van der Waals surface area contributed by atoms with Gasteiger partial charge in [0.2, 0.25) is 0 Å². The fourth-order valence-corrected chi connectivity index (χ4v) is 2.86. The third kappa shape index (κ3) is 7.42. The van der Waals surface area contributed by atoms with Gasteiger partial charge in [0.05, 0.1) is 20.3 Å². The van der Waals surface area contributed by atoms with E-state index in [4.69, 9.17) is 15.7 Å². The molecule has 0 spiro atoms. The van der Waals surface area contributed by atoms with Crippen LogP contribution in [0.5, 0.6) is 5.75 Å². The highest BCUT2D eigenvalue weighted by atomic mass is 19.1. The first-order valence-electron chi connectivity index (χ1n) is 9.21.